The lowest BCUT2D eigenvalue weighted by atomic mass is 10.1. The molecular formula is C16H22N4O2. The summed E-state index contributed by atoms with van der Waals surface area (Å²) in [5, 5.41) is 16.6. The van der Waals surface area contributed by atoms with Crippen molar-refractivity contribution in [3.05, 3.63) is 41.5 Å². The zero-order valence-corrected chi connectivity index (χ0v) is 12.7. The Bertz CT molecular complexity index is 580. The molecule has 0 atom stereocenters. The molecule has 1 aliphatic rings. The van der Waals surface area contributed by atoms with E-state index >= 15 is 0 Å². The molecule has 6 heteroatoms. The molecule has 0 aromatic heterocycles. The molecule has 0 unspecified atom stereocenters. The van der Waals surface area contributed by atoms with Gasteiger partial charge < -0.3 is 15.7 Å². The average molecular weight is 302 g/mol. The fourth-order valence-electron chi connectivity index (χ4n) is 2.38. The molecule has 0 radical (unpaired) electrons. The number of phenols is 1. The minimum atomic E-state index is 0.0354. The Labute approximate surface area is 130 Å². The smallest absolute Gasteiger partial charge is 0.188 e. The van der Waals surface area contributed by atoms with E-state index in [2.05, 4.69) is 6.08 Å². The van der Waals surface area contributed by atoms with Crippen LogP contribution in [-0.4, -0.2) is 59.9 Å². The number of rotatable bonds is 6. The van der Waals surface area contributed by atoms with Crippen molar-refractivity contribution in [2.24, 2.45) is 5.73 Å². The van der Waals surface area contributed by atoms with Crippen LogP contribution in [0.4, 0.5) is 0 Å². The molecule has 22 heavy (non-hydrogen) atoms. The number of benzene rings is 1. The van der Waals surface area contributed by atoms with E-state index in [9.17, 15) is 9.90 Å². The van der Waals surface area contributed by atoms with Crippen molar-refractivity contribution < 1.29 is 9.90 Å². The zero-order chi connectivity index (χ0) is 16.1. The van der Waals surface area contributed by atoms with Crippen molar-refractivity contribution in [1.29, 1.82) is 5.41 Å². The van der Waals surface area contributed by atoms with Crippen LogP contribution < -0.4 is 5.73 Å². The van der Waals surface area contributed by atoms with E-state index in [-0.39, 0.29) is 17.5 Å². The van der Waals surface area contributed by atoms with Crippen LogP contribution in [0, 0.1) is 5.41 Å². The first-order chi connectivity index (χ1) is 10.5. The maximum Gasteiger partial charge on any atom is 0.188 e. The number of phenolic OH excluding ortho intramolecular Hbond substituents is 1. The second-order valence-corrected chi connectivity index (χ2v) is 5.59. The number of nitrogens with two attached hydrogens (primary N) is 1. The summed E-state index contributed by atoms with van der Waals surface area (Å²) < 4.78 is 0. The van der Waals surface area contributed by atoms with Crippen molar-refractivity contribution in [2.45, 2.75) is 6.42 Å². The van der Waals surface area contributed by atoms with Gasteiger partial charge in [-0.3, -0.25) is 15.1 Å². The molecular weight excluding hydrogens is 280 g/mol. The Kier molecular flexibility index (Phi) is 5.16. The van der Waals surface area contributed by atoms with Gasteiger partial charge in [0.25, 0.3) is 0 Å². The number of guanidine groups is 1. The van der Waals surface area contributed by atoms with Crippen LogP contribution in [0.1, 0.15) is 16.8 Å². The van der Waals surface area contributed by atoms with Gasteiger partial charge >= 0.3 is 0 Å². The first kappa shape index (κ1) is 16.0. The molecule has 1 heterocycles. The summed E-state index contributed by atoms with van der Waals surface area (Å²) in [5.41, 5.74) is 7.31. The molecule has 1 aromatic rings. The highest BCUT2D eigenvalue weighted by Crippen LogP contribution is 2.13. The van der Waals surface area contributed by atoms with Gasteiger partial charge in [-0.25, -0.2) is 0 Å². The summed E-state index contributed by atoms with van der Waals surface area (Å²) in [7, 11) is 1.91. The fraction of sp³-hybridized carbons (Fsp3) is 0.375. The van der Waals surface area contributed by atoms with Crippen molar-refractivity contribution in [3.63, 3.8) is 0 Å². The monoisotopic (exact) mass is 302 g/mol. The third-order valence-corrected chi connectivity index (χ3v) is 3.75. The Morgan fingerprint density at radius 1 is 1.41 bits per heavy atom. The number of likely N-dealkylation sites (N-methyl/N-ethyl adjacent to an activating group) is 1. The predicted molar refractivity (Wildman–Crippen MR) is 86.1 cm³/mol. The highest BCUT2D eigenvalue weighted by molar-refractivity contribution is 5.97. The van der Waals surface area contributed by atoms with Gasteiger partial charge in [0.1, 0.15) is 5.75 Å². The predicted octanol–water partition coefficient (Wildman–Crippen LogP) is 1.03. The number of hydrogen-bond donors (Lipinski definition) is 3. The van der Waals surface area contributed by atoms with Gasteiger partial charge in [0.2, 0.25) is 0 Å². The van der Waals surface area contributed by atoms with Crippen molar-refractivity contribution >= 4 is 11.7 Å². The topological polar surface area (TPSA) is 93.7 Å². The third kappa shape index (κ3) is 4.33. The van der Waals surface area contributed by atoms with E-state index in [4.69, 9.17) is 11.1 Å². The van der Waals surface area contributed by atoms with Gasteiger partial charge in [-0.05, 0) is 37.7 Å². The second-order valence-electron chi connectivity index (χ2n) is 5.59. The summed E-state index contributed by atoms with van der Waals surface area (Å²) in [4.78, 5) is 15.9. The summed E-state index contributed by atoms with van der Waals surface area (Å²) in [5.74, 6) is 0.295. The van der Waals surface area contributed by atoms with Crippen LogP contribution in [-0.2, 0) is 0 Å². The van der Waals surface area contributed by atoms with Crippen molar-refractivity contribution in [2.75, 3.05) is 33.2 Å². The quantitative estimate of drug-likeness (QED) is 0.316. The van der Waals surface area contributed by atoms with E-state index in [0.29, 0.717) is 25.2 Å². The summed E-state index contributed by atoms with van der Waals surface area (Å²) in [6.45, 7) is 2.52. The van der Waals surface area contributed by atoms with E-state index in [1.165, 1.54) is 17.7 Å². The molecule has 0 fully saturated rings. The largest absolute Gasteiger partial charge is 0.508 e. The second kappa shape index (κ2) is 7.09. The minimum Gasteiger partial charge on any atom is -0.508 e. The Balaban J connectivity index is 1.76. The van der Waals surface area contributed by atoms with Crippen molar-refractivity contribution in [1.82, 2.24) is 9.80 Å². The van der Waals surface area contributed by atoms with E-state index < -0.39 is 0 Å². The van der Waals surface area contributed by atoms with Gasteiger partial charge in [0.15, 0.2) is 11.7 Å². The van der Waals surface area contributed by atoms with Crippen LogP contribution in [0.25, 0.3) is 0 Å². The fourth-order valence-corrected chi connectivity index (χ4v) is 2.38. The van der Waals surface area contributed by atoms with E-state index in [1.54, 1.807) is 17.0 Å². The molecule has 0 saturated heterocycles. The normalized spacial score (nSPS) is 14.3. The summed E-state index contributed by atoms with van der Waals surface area (Å²) in [6.07, 6.45) is 2.96. The Morgan fingerprint density at radius 3 is 2.68 bits per heavy atom. The number of hydrogen-bond acceptors (Lipinski definition) is 4. The highest BCUT2D eigenvalue weighted by Gasteiger charge is 2.16. The SMILES string of the molecule is CN(CCC1=CCN(C(=N)N)C1)CC(=O)c1ccc(O)cc1. The number of carbonyl (C=O) groups is 1. The number of nitrogens with one attached hydrogen (secondary N) is 1. The van der Waals surface area contributed by atoms with Gasteiger partial charge in [-0.2, -0.15) is 0 Å². The lowest BCUT2D eigenvalue weighted by molar-refractivity contribution is 0.0947. The number of Topliss-reactive ketones (excluding diaryl/α,β-unsaturated/α-hetero) is 1. The van der Waals surface area contributed by atoms with Crippen molar-refractivity contribution in [3.8, 4) is 5.75 Å². The molecule has 0 aliphatic carbocycles. The third-order valence-electron chi connectivity index (χ3n) is 3.75. The molecule has 118 valence electrons. The average Bonchev–Trinajstić information content (AvgIpc) is 2.95. The molecule has 0 amide bonds. The molecule has 1 aromatic carbocycles. The molecule has 0 bridgehead atoms. The molecule has 0 saturated carbocycles. The maximum absolute atomic E-state index is 12.1. The van der Waals surface area contributed by atoms with Crippen LogP contribution in [0.3, 0.4) is 0 Å². The lowest BCUT2D eigenvalue weighted by Gasteiger charge is -2.18. The molecule has 6 nitrogen and oxygen atoms in total. The van der Waals surface area contributed by atoms with Crippen LogP contribution in [0.5, 0.6) is 5.75 Å². The van der Waals surface area contributed by atoms with Crippen LogP contribution >= 0.6 is 0 Å². The van der Waals surface area contributed by atoms with Crippen LogP contribution in [0.15, 0.2) is 35.9 Å². The number of nitrogens with zero attached hydrogens (tertiary/aromatic N) is 2. The summed E-state index contributed by atoms with van der Waals surface area (Å²) in [6, 6.07) is 6.31. The van der Waals surface area contributed by atoms with E-state index in [0.717, 1.165) is 13.0 Å². The first-order valence-electron chi connectivity index (χ1n) is 7.23. The maximum atomic E-state index is 12.1. The van der Waals surface area contributed by atoms with Gasteiger partial charge in [0.05, 0.1) is 6.54 Å². The molecule has 0 spiro atoms. The van der Waals surface area contributed by atoms with Crippen LogP contribution in [0.2, 0.25) is 0 Å². The van der Waals surface area contributed by atoms with E-state index in [1.807, 2.05) is 11.9 Å². The highest BCUT2D eigenvalue weighted by atomic mass is 16.3. The standard InChI is InChI=1S/C16H22N4O2/c1-19(8-6-12-7-9-20(10-12)16(17)18)11-15(22)13-2-4-14(21)5-3-13/h2-5,7,21H,6,8-11H2,1H3,(H3,17,18). The number of ketones is 1. The van der Waals surface area contributed by atoms with Gasteiger partial charge in [-0.1, -0.05) is 11.6 Å². The zero-order valence-electron chi connectivity index (χ0n) is 12.7. The minimum absolute atomic E-state index is 0.0354. The Morgan fingerprint density at radius 2 is 2.09 bits per heavy atom. The van der Waals surface area contributed by atoms with Gasteiger partial charge in [-0.15, -0.1) is 0 Å². The van der Waals surface area contributed by atoms with Gasteiger partial charge in [0, 0.05) is 25.2 Å². The molecule has 1 aliphatic heterocycles. The summed E-state index contributed by atoms with van der Waals surface area (Å²) >= 11 is 0. The number of aromatic hydroxyl groups is 1. The Hall–Kier alpha value is -2.34. The molecule has 4 N–H and O–H groups in total. The molecule has 2 rings (SSSR count). The first-order valence-corrected chi connectivity index (χ1v) is 7.23. The number of carbonyl (C=O) groups excluding carboxylic acids is 1. The lowest BCUT2D eigenvalue weighted by Crippen LogP contribution is -2.35.